The summed E-state index contributed by atoms with van der Waals surface area (Å²) in [6.45, 7) is 3.67. The molecule has 1 aromatic heterocycles. The number of rotatable bonds is 6. The van der Waals surface area contributed by atoms with Crippen LogP contribution in [0, 0.1) is 0 Å². The zero-order valence-corrected chi connectivity index (χ0v) is 18.3. The summed E-state index contributed by atoms with van der Waals surface area (Å²) >= 11 is 7.73. The van der Waals surface area contributed by atoms with Gasteiger partial charge < -0.3 is 4.90 Å². The molecule has 0 spiro atoms. The van der Waals surface area contributed by atoms with E-state index < -0.39 is 10.0 Å². The second-order valence-electron chi connectivity index (χ2n) is 6.82. The van der Waals surface area contributed by atoms with Gasteiger partial charge in [-0.3, -0.25) is 9.69 Å². The van der Waals surface area contributed by atoms with Gasteiger partial charge in [-0.2, -0.15) is 4.31 Å². The van der Waals surface area contributed by atoms with Crippen molar-refractivity contribution in [1.29, 1.82) is 0 Å². The van der Waals surface area contributed by atoms with Crippen LogP contribution in [-0.4, -0.2) is 68.2 Å². The van der Waals surface area contributed by atoms with Crippen LogP contribution >= 0.6 is 22.9 Å². The summed E-state index contributed by atoms with van der Waals surface area (Å²) in [6.07, 6.45) is 0. The van der Waals surface area contributed by atoms with Gasteiger partial charge in [0, 0.05) is 37.1 Å². The maximum absolute atomic E-state index is 12.8. The average Bonchev–Trinajstić information content (AvgIpc) is 3.22. The van der Waals surface area contributed by atoms with Gasteiger partial charge in [-0.05, 0) is 37.6 Å². The molecule has 1 unspecified atom stereocenters. The van der Waals surface area contributed by atoms with Gasteiger partial charge in [-0.15, -0.1) is 11.3 Å². The molecule has 9 heteroatoms. The van der Waals surface area contributed by atoms with Gasteiger partial charge in [0.25, 0.3) is 0 Å². The van der Waals surface area contributed by atoms with E-state index in [9.17, 15) is 13.2 Å². The number of benzene rings is 1. The standard InChI is InChI=1S/C19H24ClN3O3S2/c1-15(17-7-5-13-27-17)21(2)14-19(24)22-9-11-23(12-10-22)28(25,26)18-8-4-3-6-16(18)20/h3-8,13,15H,9-12,14H2,1-2H3. The Morgan fingerprint density at radius 2 is 1.86 bits per heavy atom. The maximum atomic E-state index is 12.8. The summed E-state index contributed by atoms with van der Waals surface area (Å²) in [5.74, 6) is 0.0145. The quantitative estimate of drug-likeness (QED) is 0.691. The number of carbonyl (C=O) groups excluding carboxylic acids is 1. The van der Waals surface area contributed by atoms with E-state index in [1.807, 2.05) is 23.4 Å². The second-order valence-corrected chi connectivity index (χ2v) is 10.1. The van der Waals surface area contributed by atoms with E-state index in [1.165, 1.54) is 15.2 Å². The lowest BCUT2D eigenvalue weighted by molar-refractivity contribution is -0.133. The van der Waals surface area contributed by atoms with Gasteiger partial charge in [0.05, 0.1) is 11.6 Å². The van der Waals surface area contributed by atoms with Crippen LogP contribution in [0.2, 0.25) is 5.02 Å². The molecular weight excluding hydrogens is 418 g/mol. The van der Waals surface area contributed by atoms with Gasteiger partial charge in [0.1, 0.15) is 4.90 Å². The molecule has 0 N–H and O–H groups in total. The number of sulfonamides is 1. The number of hydrogen-bond acceptors (Lipinski definition) is 5. The first-order valence-corrected chi connectivity index (χ1v) is 11.8. The normalized spacial score (nSPS) is 17.1. The van der Waals surface area contributed by atoms with Crippen molar-refractivity contribution in [3.05, 3.63) is 51.7 Å². The van der Waals surface area contributed by atoms with Crippen LogP contribution in [0.15, 0.2) is 46.7 Å². The Hall–Kier alpha value is -1.45. The molecule has 1 aliphatic heterocycles. The number of halogens is 1. The zero-order chi connectivity index (χ0) is 20.3. The Balaban J connectivity index is 1.57. The summed E-state index contributed by atoms with van der Waals surface area (Å²) in [6, 6.07) is 10.7. The van der Waals surface area contributed by atoms with Crippen LogP contribution in [0.25, 0.3) is 0 Å². The third-order valence-corrected chi connectivity index (χ3v) is 8.49. The van der Waals surface area contributed by atoms with E-state index in [2.05, 4.69) is 13.0 Å². The van der Waals surface area contributed by atoms with E-state index in [0.29, 0.717) is 19.6 Å². The molecule has 0 radical (unpaired) electrons. The predicted molar refractivity (Wildman–Crippen MR) is 112 cm³/mol. The fraction of sp³-hybridized carbons (Fsp3) is 0.421. The molecule has 1 amide bonds. The number of hydrogen-bond donors (Lipinski definition) is 0. The van der Waals surface area contributed by atoms with Gasteiger partial charge in [0.2, 0.25) is 15.9 Å². The molecule has 1 fully saturated rings. The minimum Gasteiger partial charge on any atom is -0.339 e. The third-order valence-electron chi connectivity index (χ3n) is 5.05. The van der Waals surface area contributed by atoms with Gasteiger partial charge >= 0.3 is 0 Å². The lowest BCUT2D eigenvalue weighted by Gasteiger charge is -2.35. The minimum atomic E-state index is -3.65. The first-order chi connectivity index (χ1) is 13.3. The van der Waals surface area contributed by atoms with E-state index in [0.717, 1.165) is 0 Å². The number of thiophene rings is 1. The second kappa shape index (κ2) is 8.92. The van der Waals surface area contributed by atoms with Crippen molar-refractivity contribution in [2.24, 2.45) is 0 Å². The molecule has 2 aromatic rings. The van der Waals surface area contributed by atoms with Crippen molar-refractivity contribution in [3.8, 4) is 0 Å². The molecule has 0 aliphatic carbocycles. The first-order valence-electron chi connectivity index (χ1n) is 9.07. The fourth-order valence-electron chi connectivity index (χ4n) is 3.17. The molecule has 1 atom stereocenters. The highest BCUT2D eigenvalue weighted by Crippen LogP contribution is 2.26. The van der Waals surface area contributed by atoms with E-state index in [-0.39, 0.29) is 35.0 Å². The summed E-state index contributed by atoms with van der Waals surface area (Å²) in [7, 11) is -1.72. The van der Waals surface area contributed by atoms with Crippen LogP contribution in [0.1, 0.15) is 17.8 Å². The lowest BCUT2D eigenvalue weighted by Crippen LogP contribution is -2.52. The summed E-state index contributed by atoms with van der Waals surface area (Å²) in [4.78, 5) is 17.7. The van der Waals surface area contributed by atoms with Crippen molar-refractivity contribution >= 4 is 38.9 Å². The van der Waals surface area contributed by atoms with Crippen molar-refractivity contribution < 1.29 is 13.2 Å². The Kier molecular flexibility index (Phi) is 6.77. The number of nitrogens with zero attached hydrogens (tertiary/aromatic N) is 3. The highest BCUT2D eigenvalue weighted by Gasteiger charge is 2.31. The smallest absolute Gasteiger partial charge is 0.244 e. The Bertz CT molecular complexity index is 910. The highest BCUT2D eigenvalue weighted by molar-refractivity contribution is 7.89. The Morgan fingerprint density at radius 1 is 1.18 bits per heavy atom. The van der Waals surface area contributed by atoms with Gasteiger partial charge in [-0.1, -0.05) is 29.8 Å². The monoisotopic (exact) mass is 441 g/mol. The third kappa shape index (κ3) is 4.58. The molecule has 152 valence electrons. The predicted octanol–water partition coefficient (Wildman–Crippen LogP) is 2.93. The Labute approximate surface area is 175 Å². The molecule has 0 saturated carbocycles. The molecular formula is C19H24ClN3O3S2. The molecule has 3 rings (SSSR count). The molecule has 28 heavy (non-hydrogen) atoms. The van der Waals surface area contributed by atoms with E-state index in [4.69, 9.17) is 11.6 Å². The number of piperazine rings is 1. The van der Waals surface area contributed by atoms with Crippen LogP contribution in [-0.2, 0) is 14.8 Å². The Morgan fingerprint density at radius 3 is 2.46 bits per heavy atom. The summed E-state index contributed by atoms with van der Waals surface area (Å²) in [5.41, 5.74) is 0. The van der Waals surface area contributed by atoms with Crippen molar-refractivity contribution in [3.63, 3.8) is 0 Å². The molecule has 1 aliphatic rings. The first kappa shape index (κ1) is 21.3. The molecule has 2 heterocycles. The molecule has 1 saturated heterocycles. The van der Waals surface area contributed by atoms with Crippen LogP contribution in [0.4, 0.5) is 0 Å². The lowest BCUT2D eigenvalue weighted by atomic mass is 10.2. The number of amides is 1. The van der Waals surface area contributed by atoms with E-state index >= 15 is 0 Å². The van der Waals surface area contributed by atoms with Crippen LogP contribution in [0.3, 0.4) is 0 Å². The summed E-state index contributed by atoms with van der Waals surface area (Å²) in [5, 5.41) is 2.24. The molecule has 1 aromatic carbocycles. The van der Waals surface area contributed by atoms with Gasteiger partial charge in [-0.25, -0.2) is 8.42 Å². The zero-order valence-electron chi connectivity index (χ0n) is 15.9. The van der Waals surface area contributed by atoms with Crippen LogP contribution in [0.5, 0.6) is 0 Å². The van der Waals surface area contributed by atoms with Gasteiger partial charge in [0.15, 0.2) is 0 Å². The van der Waals surface area contributed by atoms with Crippen molar-refractivity contribution in [1.82, 2.24) is 14.1 Å². The molecule has 6 nitrogen and oxygen atoms in total. The fourth-order valence-corrected chi connectivity index (χ4v) is 5.93. The maximum Gasteiger partial charge on any atom is 0.244 e. The topological polar surface area (TPSA) is 60.9 Å². The minimum absolute atomic E-state index is 0.0145. The van der Waals surface area contributed by atoms with Crippen molar-refractivity contribution in [2.45, 2.75) is 17.9 Å². The van der Waals surface area contributed by atoms with Crippen molar-refractivity contribution in [2.75, 3.05) is 39.8 Å². The molecule has 0 bridgehead atoms. The van der Waals surface area contributed by atoms with Crippen LogP contribution < -0.4 is 0 Å². The SMILES string of the molecule is CC(c1cccs1)N(C)CC(=O)N1CCN(S(=O)(=O)c2ccccc2Cl)CC1. The highest BCUT2D eigenvalue weighted by atomic mass is 35.5. The summed E-state index contributed by atoms with van der Waals surface area (Å²) < 4.78 is 27.0. The largest absolute Gasteiger partial charge is 0.339 e. The number of carbonyl (C=O) groups is 1. The average molecular weight is 442 g/mol. The number of likely N-dealkylation sites (N-methyl/N-ethyl adjacent to an activating group) is 1. The van der Waals surface area contributed by atoms with E-state index in [1.54, 1.807) is 34.4 Å².